The molecule has 0 unspecified atom stereocenters. The summed E-state index contributed by atoms with van der Waals surface area (Å²) in [5.41, 5.74) is 0. The zero-order chi connectivity index (χ0) is 10.1. The molecular formula is C11H16O2. The van der Waals surface area contributed by atoms with Gasteiger partial charge in [-0.2, -0.15) is 0 Å². The van der Waals surface area contributed by atoms with E-state index >= 15 is 0 Å². The molecule has 0 radical (unpaired) electrons. The summed E-state index contributed by atoms with van der Waals surface area (Å²) >= 11 is 0. The molecule has 0 aliphatic carbocycles. The maximum atomic E-state index is 5.32. The Morgan fingerprint density at radius 3 is 2.31 bits per heavy atom. The maximum Gasteiger partial charge on any atom is 0.144 e. The third kappa shape index (κ3) is 5.24. The van der Waals surface area contributed by atoms with Crippen molar-refractivity contribution >= 4 is 0 Å². The van der Waals surface area contributed by atoms with Gasteiger partial charge in [-0.25, -0.2) is 0 Å². The highest BCUT2D eigenvalue weighted by Gasteiger charge is 2.14. The zero-order valence-electron chi connectivity index (χ0n) is 8.03. The third-order valence-electron chi connectivity index (χ3n) is 1.46. The minimum atomic E-state index is -0.321. The lowest BCUT2D eigenvalue weighted by atomic mass is 10.2. The molecule has 0 saturated carbocycles. The number of terminal acetylenes is 1. The Labute approximate surface area is 80.2 Å². The van der Waals surface area contributed by atoms with Crippen molar-refractivity contribution in [2.24, 2.45) is 0 Å². The lowest BCUT2D eigenvalue weighted by Crippen LogP contribution is -2.27. The highest BCUT2D eigenvalue weighted by molar-refractivity contribution is 4.98. The maximum absolute atomic E-state index is 5.32. The van der Waals surface area contributed by atoms with Crippen LogP contribution in [0.2, 0.25) is 0 Å². The molecule has 0 spiro atoms. The molecule has 2 nitrogen and oxygen atoms in total. The second-order valence-corrected chi connectivity index (χ2v) is 2.54. The van der Waals surface area contributed by atoms with Crippen LogP contribution < -0.4 is 0 Å². The van der Waals surface area contributed by atoms with Crippen molar-refractivity contribution in [1.29, 1.82) is 0 Å². The summed E-state index contributed by atoms with van der Waals surface area (Å²) in [6, 6.07) is 0. The van der Waals surface area contributed by atoms with Crippen LogP contribution in [0.4, 0.5) is 0 Å². The summed E-state index contributed by atoms with van der Waals surface area (Å²) < 4.78 is 10.6. The summed E-state index contributed by atoms with van der Waals surface area (Å²) in [7, 11) is 0. The molecule has 0 aromatic heterocycles. The van der Waals surface area contributed by atoms with E-state index in [0.717, 1.165) is 0 Å². The van der Waals surface area contributed by atoms with Crippen LogP contribution >= 0.6 is 0 Å². The molecule has 0 N–H and O–H groups in total. The quantitative estimate of drug-likeness (QED) is 0.439. The van der Waals surface area contributed by atoms with Gasteiger partial charge >= 0.3 is 0 Å². The fraction of sp³-hybridized carbons (Fsp3) is 0.455. The average Bonchev–Trinajstić information content (AvgIpc) is 2.16. The predicted molar refractivity (Wildman–Crippen MR) is 54.4 cm³/mol. The van der Waals surface area contributed by atoms with Gasteiger partial charge in [-0.3, -0.25) is 0 Å². The largest absolute Gasteiger partial charge is 0.371 e. The van der Waals surface area contributed by atoms with Gasteiger partial charge in [-0.15, -0.1) is 19.6 Å². The van der Waals surface area contributed by atoms with Crippen LogP contribution in [0.15, 0.2) is 25.3 Å². The molecule has 0 fully saturated rings. The summed E-state index contributed by atoms with van der Waals surface area (Å²) in [6.45, 7) is 9.88. The van der Waals surface area contributed by atoms with Crippen LogP contribution in [0.5, 0.6) is 0 Å². The molecule has 0 aromatic carbocycles. The highest BCUT2D eigenvalue weighted by Crippen LogP contribution is 2.02. The summed E-state index contributed by atoms with van der Waals surface area (Å²) in [5, 5.41) is 0. The van der Waals surface area contributed by atoms with E-state index in [-0.39, 0.29) is 12.2 Å². The molecule has 72 valence electrons. The fourth-order valence-electron chi connectivity index (χ4n) is 0.798. The molecule has 0 aromatic rings. The standard InChI is InChI=1S/C11H16O2/c1-5-8-12-10(4)11(7-3)13-9-6-2/h3,5-6,10-11H,1-2,8-9H2,4H3/t10-,11+/m0/s1. The third-order valence-corrected chi connectivity index (χ3v) is 1.46. The van der Waals surface area contributed by atoms with Gasteiger partial charge in [-0.1, -0.05) is 18.1 Å². The highest BCUT2D eigenvalue weighted by atomic mass is 16.5. The van der Waals surface area contributed by atoms with Crippen molar-refractivity contribution in [3.63, 3.8) is 0 Å². The van der Waals surface area contributed by atoms with E-state index < -0.39 is 0 Å². The SMILES string of the molecule is C#C[C@@H](OCC=C)[C@H](C)OCC=C. The van der Waals surface area contributed by atoms with E-state index in [4.69, 9.17) is 15.9 Å². The lowest BCUT2D eigenvalue weighted by Gasteiger charge is -2.18. The van der Waals surface area contributed by atoms with Gasteiger partial charge in [0.2, 0.25) is 0 Å². The second kappa shape index (κ2) is 7.60. The average molecular weight is 180 g/mol. The number of hydrogen-bond donors (Lipinski definition) is 0. The Bertz CT molecular complexity index is 191. The molecule has 0 aliphatic heterocycles. The van der Waals surface area contributed by atoms with Gasteiger partial charge in [0, 0.05) is 0 Å². The second-order valence-electron chi connectivity index (χ2n) is 2.54. The first-order chi connectivity index (χ1) is 6.26. The molecule has 0 bridgehead atoms. The molecule has 13 heavy (non-hydrogen) atoms. The molecule has 2 atom stereocenters. The number of rotatable bonds is 7. The Kier molecular flexibility index (Phi) is 6.99. The van der Waals surface area contributed by atoms with Gasteiger partial charge in [0.15, 0.2) is 0 Å². The van der Waals surface area contributed by atoms with Gasteiger partial charge < -0.3 is 9.47 Å². The van der Waals surface area contributed by atoms with Crippen molar-refractivity contribution in [1.82, 2.24) is 0 Å². The van der Waals surface area contributed by atoms with Gasteiger partial charge in [-0.05, 0) is 6.92 Å². The number of hydrogen-bond acceptors (Lipinski definition) is 2. The monoisotopic (exact) mass is 180 g/mol. The Morgan fingerprint density at radius 2 is 1.85 bits per heavy atom. The first kappa shape index (κ1) is 12.0. The summed E-state index contributed by atoms with van der Waals surface area (Å²) in [5.74, 6) is 2.52. The molecule has 0 saturated heterocycles. The van der Waals surface area contributed by atoms with Crippen LogP contribution in [0.3, 0.4) is 0 Å². The van der Waals surface area contributed by atoms with Crippen LogP contribution in [0, 0.1) is 12.3 Å². The van der Waals surface area contributed by atoms with Gasteiger partial charge in [0.25, 0.3) is 0 Å². The summed E-state index contributed by atoms with van der Waals surface area (Å²) in [6.07, 6.45) is 8.16. The molecule has 0 heterocycles. The Hall–Kier alpha value is -1.04. The van der Waals surface area contributed by atoms with Crippen molar-refractivity contribution < 1.29 is 9.47 Å². The molecular weight excluding hydrogens is 164 g/mol. The van der Waals surface area contributed by atoms with Crippen molar-refractivity contribution in [3.8, 4) is 12.3 Å². The van der Waals surface area contributed by atoms with Crippen molar-refractivity contribution in [2.45, 2.75) is 19.1 Å². The summed E-state index contributed by atoms with van der Waals surface area (Å²) in [4.78, 5) is 0. The smallest absolute Gasteiger partial charge is 0.144 e. The van der Waals surface area contributed by atoms with Crippen LogP contribution in [0.1, 0.15) is 6.92 Å². The van der Waals surface area contributed by atoms with Crippen molar-refractivity contribution in [3.05, 3.63) is 25.3 Å². The lowest BCUT2D eigenvalue weighted by molar-refractivity contribution is -0.0208. The Balaban J connectivity index is 3.84. The minimum absolute atomic E-state index is 0.122. The van der Waals surface area contributed by atoms with E-state index in [1.54, 1.807) is 12.2 Å². The van der Waals surface area contributed by atoms with E-state index in [1.165, 1.54) is 0 Å². The fourth-order valence-corrected chi connectivity index (χ4v) is 0.798. The normalized spacial score (nSPS) is 14.2. The molecule has 2 heteroatoms. The van der Waals surface area contributed by atoms with E-state index in [0.29, 0.717) is 13.2 Å². The van der Waals surface area contributed by atoms with Gasteiger partial charge in [0.05, 0.1) is 19.3 Å². The number of ether oxygens (including phenoxy) is 2. The first-order valence-corrected chi connectivity index (χ1v) is 4.17. The van der Waals surface area contributed by atoms with Crippen LogP contribution in [-0.4, -0.2) is 25.4 Å². The predicted octanol–water partition coefficient (Wildman–Crippen LogP) is 1.78. The minimum Gasteiger partial charge on any atom is -0.371 e. The van der Waals surface area contributed by atoms with Gasteiger partial charge in [0.1, 0.15) is 6.10 Å². The molecule has 0 aliphatic rings. The Morgan fingerprint density at radius 1 is 1.31 bits per heavy atom. The topological polar surface area (TPSA) is 18.5 Å². The first-order valence-electron chi connectivity index (χ1n) is 4.17. The van der Waals surface area contributed by atoms with Crippen LogP contribution in [0.25, 0.3) is 0 Å². The van der Waals surface area contributed by atoms with E-state index in [2.05, 4.69) is 19.1 Å². The van der Waals surface area contributed by atoms with Crippen LogP contribution in [-0.2, 0) is 9.47 Å². The molecule has 0 amide bonds. The molecule has 0 rings (SSSR count). The van der Waals surface area contributed by atoms with E-state index in [9.17, 15) is 0 Å². The van der Waals surface area contributed by atoms with E-state index in [1.807, 2.05) is 6.92 Å². The van der Waals surface area contributed by atoms with Crippen molar-refractivity contribution in [2.75, 3.05) is 13.2 Å². The zero-order valence-corrected chi connectivity index (χ0v) is 8.03.